The van der Waals surface area contributed by atoms with Crippen molar-refractivity contribution in [3.63, 3.8) is 0 Å². The Hall–Kier alpha value is -2.34. The van der Waals surface area contributed by atoms with Gasteiger partial charge in [-0.2, -0.15) is 0 Å². The molecule has 0 aliphatic heterocycles. The highest BCUT2D eigenvalue weighted by Crippen LogP contribution is 2.45. The molecule has 1 heterocycles. The number of hydrogen-bond donors (Lipinski definition) is 0. The fourth-order valence-electron chi connectivity index (χ4n) is 5.99. The molecule has 0 saturated carbocycles. The molecule has 0 spiro atoms. The topological polar surface area (TPSA) is 57.5 Å². The van der Waals surface area contributed by atoms with Gasteiger partial charge in [0, 0.05) is 23.1 Å². The lowest BCUT2D eigenvalue weighted by molar-refractivity contribution is 0.0540. The monoisotopic (exact) mass is 497 g/mol. The van der Waals surface area contributed by atoms with Gasteiger partial charge in [-0.25, -0.2) is 9.36 Å². The molecular weight excluding hydrogens is 454 g/mol. The summed E-state index contributed by atoms with van der Waals surface area (Å²) >= 11 is 0. The first-order valence-electron chi connectivity index (χ1n) is 12.9. The van der Waals surface area contributed by atoms with E-state index in [-0.39, 0.29) is 6.09 Å². The summed E-state index contributed by atoms with van der Waals surface area (Å²) in [4.78, 5) is 24.9. The maximum atomic E-state index is 13.4. The number of benzene rings is 1. The molecule has 0 atom stereocenters. The summed E-state index contributed by atoms with van der Waals surface area (Å²) in [5, 5.41) is 0.941. The van der Waals surface area contributed by atoms with Gasteiger partial charge in [0.15, 0.2) is 0 Å². The van der Waals surface area contributed by atoms with Crippen molar-refractivity contribution in [3.05, 3.63) is 46.4 Å². The summed E-state index contributed by atoms with van der Waals surface area (Å²) in [7, 11) is -2.10. The number of aldehydes is 1. The van der Waals surface area contributed by atoms with Gasteiger partial charge in [-0.15, -0.1) is 0 Å². The zero-order chi connectivity index (χ0) is 26.3. The number of hydrogen-bond acceptors (Lipinski definition) is 4. The van der Waals surface area contributed by atoms with Crippen molar-refractivity contribution in [1.29, 1.82) is 0 Å². The smallest absolute Gasteiger partial charge is 0.419 e. The van der Waals surface area contributed by atoms with Crippen LogP contribution in [0, 0.1) is 0 Å². The zero-order valence-corrected chi connectivity index (χ0v) is 24.2. The fraction of sp³-hybridized carbons (Fsp3) is 0.586. The molecule has 2 aromatic rings. The molecule has 35 heavy (non-hydrogen) atoms. The number of allylic oxidation sites excluding steroid dienone is 2. The number of aromatic nitrogens is 1. The maximum absolute atomic E-state index is 13.4. The molecule has 0 bridgehead atoms. The molecule has 1 aromatic heterocycles. The Kier molecular flexibility index (Phi) is 7.75. The molecule has 0 saturated heterocycles. The Bertz CT molecular complexity index is 1130. The fourth-order valence-corrected chi connectivity index (χ4v) is 11.4. The van der Waals surface area contributed by atoms with Crippen LogP contribution < -0.4 is 0 Å². The quantitative estimate of drug-likeness (QED) is 0.298. The van der Waals surface area contributed by atoms with E-state index in [2.05, 4.69) is 48.5 Å². The van der Waals surface area contributed by atoms with Crippen LogP contribution in [-0.2, 0) is 22.0 Å². The lowest BCUT2D eigenvalue weighted by atomic mass is 10.0. The number of carbonyl (C=O) groups is 2. The molecule has 6 heteroatoms. The Balaban J connectivity index is 2.14. The highest BCUT2D eigenvalue weighted by atomic mass is 28.4. The molecule has 0 N–H and O–H groups in total. The standard InChI is InChI=1S/C29H43NO4Si/c1-18(2)35(19(3)4,20(5)6)34-27-14-13-26-23(15-21(27)7)24-16-22(17-31)11-12-25(24)30(26)28(32)33-29(8,9)10/h11-12,16-20H,13-15H2,1-10H3. The van der Waals surface area contributed by atoms with E-state index >= 15 is 0 Å². The van der Waals surface area contributed by atoms with Crippen LogP contribution in [0.4, 0.5) is 4.79 Å². The van der Waals surface area contributed by atoms with E-state index in [1.807, 2.05) is 32.9 Å². The lowest BCUT2D eigenvalue weighted by Gasteiger charge is -2.43. The van der Waals surface area contributed by atoms with Crippen molar-refractivity contribution in [2.75, 3.05) is 0 Å². The Morgan fingerprint density at radius 2 is 1.63 bits per heavy atom. The van der Waals surface area contributed by atoms with Gasteiger partial charge < -0.3 is 9.16 Å². The normalized spacial score (nSPS) is 15.1. The van der Waals surface area contributed by atoms with Crippen molar-refractivity contribution in [2.45, 2.75) is 111 Å². The van der Waals surface area contributed by atoms with Crippen LogP contribution in [0.25, 0.3) is 10.9 Å². The van der Waals surface area contributed by atoms with E-state index in [0.717, 1.165) is 40.6 Å². The predicted molar refractivity (Wildman–Crippen MR) is 146 cm³/mol. The van der Waals surface area contributed by atoms with Crippen molar-refractivity contribution in [2.24, 2.45) is 0 Å². The van der Waals surface area contributed by atoms with E-state index in [1.165, 1.54) is 5.57 Å². The third-order valence-electron chi connectivity index (χ3n) is 7.43. The van der Waals surface area contributed by atoms with Gasteiger partial charge in [-0.1, -0.05) is 41.5 Å². The van der Waals surface area contributed by atoms with E-state index in [1.54, 1.807) is 10.6 Å². The number of fused-ring (bicyclic) bond motifs is 3. The van der Waals surface area contributed by atoms with Crippen LogP contribution in [0.1, 0.15) is 97.3 Å². The highest BCUT2D eigenvalue weighted by molar-refractivity contribution is 6.77. The summed E-state index contributed by atoms with van der Waals surface area (Å²) in [6.07, 6.45) is 2.61. The minimum absolute atomic E-state index is 0.375. The van der Waals surface area contributed by atoms with Gasteiger partial charge in [0.05, 0.1) is 11.3 Å². The van der Waals surface area contributed by atoms with E-state index in [0.29, 0.717) is 35.0 Å². The molecule has 1 aliphatic carbocycles. The third kappa shape index (κ3) is 5.13. The molecule has 0 radical (unpaired) electrons. The largest absolute Gasteiger partial charge is 0.546 e. The van der Waals surface area contributed by atoms with Gasteiger partial charge in [0.2, 0.25) is 0 Å². The maximum Gasteiger partial charge on any atom is 0.419 e. The van der Waals surface area contributed by atoms with Gasteiger partial charge >= 0.3 is 6.09 Å². The average molecular weight is 498 g/mol. The van der Waals surface area contributed by atoms with E-state index in [4.69, 9.17) is 9.16 Å². The molecule has 0 unspecified atom stereocenters. The molecule has 1 aromatic carbocycles. The number of rotatable bonds is 6. The second kappa shape index (κ2) is 9.96. The summed E-state index contributed by atoms with van der Waals surface area (Å²) in [5.74, 6) is 1.08. The summed E-state index contributed by atoms with van der Waals surface area (Å²) in [6.45, 7) is 21.6. The average Bonchev–Trinajstić information content (AvgIpc) is 2.94. The second-order valence-electron chi connectivity index (χ2n) is 11.9. The Morgan fingerprint density at radius 3 is 2.14 bits per heavy atom. The molecule has 5 nitrogen and oxygen atoms in total. The Labute approximate surface area is 212 Å². The summed E-state index contributed by atoms with van der Waals surface area (Å²) in [6, 6.07) is 5.53. The molecule has 192 valence electrons. The van der Waals surface area contributed by atoms with Crippen LogP contribution in [0.15, 0.2) is 29.5 Å². The minimum atomic E-state index is -2.10. The zero-order valence-electron chi connectivity index (χ0n) is 23.2. The van der Waals surface area contributed by atoms with Crippen LogP contribution in [0.2, 0.25) is 16.6 Å². The molecule has 0 amide bonds. The number of ether oxygens (including phenoxy) is 1. The lowest BCUT2D eigenvalue weighted by Crippen LogP contribution is -2.47. The first-order chi connectivity index (χ1) is 16.2. The van der Waals surface area contributed by atoms with Crippen molar-refractivity contribution in [3.8, 4) is 0 Å². The molecular formula is C29H43NO4Si. The van der Waals surface area contributed by atoms with E-state index < -0.39 is 13.9 Å². The summed E-state index contributed by atoms with van der Waals surface area (Å²) < 4.78 is 14.7. The predicted octanol–water partition coefficient (Wildman–Crippen LogP) is 8.19. The SMILES string of the molecule is CC1=C(O[Si](C(C)C)(C(C)C)C(C)C)CCc2c(c3cc(C=O)ccc3n2C(=O)OC(C)(C)C)C1. The van der Waals surface area contributed by atoms with Crippen LogP contribution in [-0.4, -0.2) is 30.9 Å². The second-order valence-corrected chi connectivity index (χ2v) is 17.3. The van der Waals surface area contributed by atoms with Gasteiger partial charge in [0.1, 0.15) is 11.9 Å². The first-order valence-corrected chi connectivity index (χ1v) is 15.1. The van der Waals surface area contributed by atoms with Crippen molar-refractivity contribution >= 4 is 31.6 Å². The van der Waals surface area contributed by atoms with Crippen LogP contribution in [0.3, 0.4) is 0 Å². The van der Waals surface area contributed by atoms with Gasteiger partial charge in [-0.05, 0) is 86.5 Å². The van der Waals surface area contributed by atoms with Gasteiger partial charge in [0.25, 0.3) is 8.32 Å². The molecule has 0 fully saturated rings. The Morgan fingerprint density at radius 1 is 1.03 bits per heavy atom. The first kappa shape index (κ1) is 27.2. The third-order valence-corrected chi connectivity index (χ3v) is 13.4. The van der Waals surface area contributed by atoms with Crippen LogP contribution in [0.5, 0.6) is 0 Å². The molecule has 3 rings (SSSR count). The number of carbonyl (C=O) groups excluding carboxylic acids is 2. The van der Waals surface area contributed by atoms with E-state index in [9.17, 15) is 9.59 Å². The number of nitrogens with zero attached hydrogens (tertiary/aromatic N) is 1. The van der Waals surface area contributed by atoms with Crippen molar-refractivity contribution < 1.29 is 18.8 Å². The van der Waals surface area contributed by atoms with Crippen LogP contribution >= 0.6 is 0 Å². The summed E-state index contributed by atoms with van der Waals surface area (Å²) in [5.41, 5.74) is 5.52. The van der Waals surface area contributed by atoms with Gasteiger partial charge in [-0.3, -0.25) is 4.79 Å². The highest BCUT2D eigenvalue weighted by Gasteiger charge is 2.47. The molecule has 1 aliphatic rings. The van der Waals surface area contributed by atoms with Crippen molar-refractivity contribution in [1.82, 2.24) is 4.57 Å². The minimum Gasteiger partial charge on any atom is -0.546 e.